The SMILES string of the molecule is COc1cc(OC)c2c(c1)O[C@H](c1ccc(OC(=O)[C@@](OC)(c3ccccc3)C(F)(F)F)c(Oc3cc(OC)c4c(c3)O[C@H](c3ccc(OC)c(OC)c3)[C@H](OC)C4)c1)[C@H](OC(=O)[C@@](OC)(c1ccccc1)C(F)(F)F)C2. The lowest BCUT2D eigenvalue weighted by molar-refractivity contribution is -0.279. The summed E-state index contributed by atoms with van der Waals surface area (Å²) in [6, 6.07) is 26.9. The van der Waals surface area contributed by atoms with E-state index in [2.05, 4.69) is 0 Å². The van der Waals surface area contributed by atoms with Crippen LogP contribution >= 0.6 is 0 Å². The number of benzene rings is 6. The van der Waals surface area contributed by atoms with Crippen LogP contribution < -0.4 is 42.6 Å². The van der Waals surface area contributed by atoms with Crippen LogP contribution in [0.3, 0.4) is 0 Å². The van der Waals surface area contributed by atoms with Gasteiger partial charge in [-0.25, -0.2) is 9.59 Å². The Balaban J connectivity index is 1.28. The van der Waals surface area contributed by atoms with Crippen LogP contribution in [0.5, 0.6) is 57.5 Å². The zero-order valence-electron chi connectivity index (χ0n) is 42.7. The highest BCUT2D eigenvalue weighted by atomic mass is 19.4. The molecule has 0 unspecified atom stereocenters. The molecule has 0 aliphatic carbocycles. The lowest BCUT2D eigenvalue weighted by atomic mass is 9.91. The van der Waals surface area contributed by atoms with Gasteiger partial charge in [-0.1, -0.05) is 72.8 Å². The first-order valence-corrected chi connectivity index (χ1v) is 23.5. The third-order valence-electron chi connectivity index (χ3n) is 13.3. The summed E-state index contributed by atoms with van der Waals surface area (Å²) in [5.41, 5.74) is -7.07. The summed E-state index contributed by atoms with van der Waals surface area (Å²) >= 11 is 0. The molecule has 8 rings (SSSR count). The fourth-order valence-electron chi connectivity index (χ4n) is 9.45. The van der Waals surface area contributed by atoms with Gasteiger partial charge >= 0.3 is 24.3 Å². The maximum atomic E-state index is 15.3. The quantitative estimate of drug-likeness (QED) is 0.0455. The third kappa shape index (κ3) is 10.3. The first kappa shape index (κ1) is 55.4. The molecule has 15 nitrogen and oxygen atoms in total. The van der Waals surface area contributed by atoms with Crippen molar-refractivity contribution < 1.29 is 97.5 Å². The maximum Gasteiger partial charge on any atom is 0.432 e. The molecular formula is C56H52F6O15. The average molecular weight is 1080 g/mol. The third-order valence-corrected chi connectivity index (χ3v) is 13.3. The molecule has 0 aromatic heterocycles. The van der Waals surface area contributed by atoms with E-state index in [1.807, 2.05) is 0 Å². The Morgan fingerprint density at radius 3 is 1.40 bits per heavy atom. The van der Waals surface area contributed by atoms with Crippen molar-refractivity contribution in [3.63, 3.8) is 0 Å². The van der Waals surface area contributed by atoms with E-state index in [9.17, 15) is 9.59 Å². The number of hydrogen-bond acceptors (Lipinski definition) is 15. The Labute approximate surface area is 438 Å². The van der Waals surface area contributed by atoms with E-state index < -0.39 is 82.5 Å². The Bertz CT molecular complexity index is 3080. The number of carbonyl (C=O) groups is 2. The van der Waals surface area contributed by atoms with E-state index in [0.717, 1.165) is 30.3 Å². The number of hydrogen-bond donors (Lipinski definition) is 0. The summed E-state index contributed by atoms with van der Waals surface area (Å²) in [5.74, 6) is -3.06. The standard InChI is InChI=1S/C56H52F6O15/c1-65-35-25-41(67-3)38-30-48(77-52(64)54(72-8,56(60,61)62)34-17-13-10-14-18-34)50(75-43(38)26-35)32-20-22-40(76-51(63)53(71-7,55(57,58)59)33-15-11-9-12-16-33)46(24-32)73-36-27-42(68-4)37-29-47(70-6)49(74-44(37)28-36)31-19-21-39(66-2)45(23-31)69-5/h9-28,47-50H,29-30H2,1-8H3/t47-,48-,49-,50-,53+,54+/m1/s1. The van der Waals surface area contributed by atoms with E-state index in [1.54, 1.807) is 18.2 Å². The number of carbonyl (C=O) groups excluding carboxylic acids is 2. The van der Waals surface area contributed by atoms with Crippen molar-refractivity contribution in [1.29, 1.82) is 0 Å². The Hall–Kier alpha value is -7.88. The van der Waals surface area contributed by atoms with Gasteiger partial charge in [-0.3, -0.25) is 0 Å². The van der Waals surface area contributed by atoms with Gasteiger partial charge in [0.1, 0.15) is 46.7 Å². The van der Waals surface area contributed by atoms with Gasteiger partial charge in [0, 0.05) is 86.3 Å². The van der Waals surface area contributed by atoms with Crippen molar-refractivity contribution in [1.82, 2.24) is 0 Å². The van der Waals surface area contributed by atoms with Crippen LogP contribution in [0.4, 0.5) is 26.3 Å². The number of esters is 2. The number of alkyl halides is 6. The van der Waals surface area contributed by atoms with Crippen molar-refractivity contribution in [2.75, 3.05) is 56.9 Å². The lowest BCUT2D eigenvalue weighted by Gasteiger charge is -2.38. The molecule has 0 spiro atoms. The van der Waals surface area contributed by atoms with Gasteiger partial charge in [-0.05, 0) is 29.8 Å². The topological polar surface area (TPSA) is 154 Å². The van der Waals surface area contributed by atoms with E-state index in [0.29, 0.717) is 36.8 Å². The second-order valence-electron chi connectivity index (χ2n) is 17.4. The maximum absolute atomic E-state index is 15.3. The fraction of sp³-hybridized carbons (Fsp3) is 0.321. The van der Waals surface area contributed by atoms with Crippen molar-refractivity contribution in [2.24, 2.45) is 0 Å². The van der Waals surface area contributed by atoms with E-state index >= 15 is 26.3 Å². The minimum absolute atomic E-state index is 0.00529. The monoisotopic (exact) mass is 1080 g/mol. The smallest absolute Gasteiger partial charge is 0.432 e. The molecule has 6 atom stereocenters. The minimum atomic E-state index is -5.40. The van der Waals surface area contributed by atoms with Crippen LogP contribution in [-0.2, 0) is 52.6 Å². The van der Waals surface area contributed by atoms with Gasteiger partial charge in [-0.2, -0.15) is 26.3 Å². The summed E-state index contributed by atoms with van der Waals surface area (Å²) in [5, 5.41) is 0. The first-order chi connectivity index (χ1) is 36.8. The van der Waals surface area contributed by atoms with Crippen LogP contribution in [0.2, 0.25) is 0 Å². The Kier molecular flexibility index (Phi) is 16.1. The molecule has 6 aromatic rings. The first-order valence-electron chi connectivity index (χ1n) is 23.5. The summed E-state index contributed by atoms with van der Waals surface area (Å²) in [6.45, 7) is 0. The molecule has 0 amide bonds. The van der Waals surface area contributed by atoms with E-state index in [1.165, 1.54) is 115 Å². The van der Waals surface area contributed by atoms with Crippen molar-refractivity contribution in [3.05, 3.63) is 155 Å². The van der Waals surface area contributed by atoms with Gasteiger partial charge in [0.2, 0.25) is 0 Å². The fourth-order valence-corrected chi connectivity index (χ4v) is 9.45. The van der Waals surface area contributed by atoms with Gasteiger partial charge in [0.05, 0.1) is 35.5 Å². The minimum Gasteiger partial charge on any atom is -0.496 e. The van der Waals surface area contributed by atoms with Crippen LogP contribution in [0.25, 0.3) is 0 Å². The molecule has 0 radical (unpaired) electrons. The highest BCUT2D eigenvalue weighted by molar-refractivity contribution is 5.85. The second-order valence-corrected chi connectivity index (χ2v) is 17.4. The summed E-state index contributed by atoms with van der Waals surface area (Å²) in [7, 11) is 10.0. The Morgan fingerprint density at radius 1 is 0.468 bits per heavy atom. The summed E-state index contributed by atoms with van der Waals surface area (Å²) < 4.78 is 167. The number of halogens is 6. The highest BCUT2D eigenvalue weighted by Crippen LogP contribution is 2.51. The molecule has 0 bridgehead atoms. The van der Waals surface area contributed by atoms with Crippen molar-refractivity contribution in [2.45, 2.75) is 60.8 Å². The van der Waals surface area contributed by atoms with Crippen LogP contribution in [0.15, 0.2) is 121 Å². The molecule has 2 aliphatic rings. The molecule has 0 fully saturated rings. The zero-order chi connectivity index (χ0) is 55.5. The van der Waals surface area contributed by atoms with E-state index in [4.69, 9.17) is 61.6 Å². The van der Waals surface area contributed by atoms with Crippen LogP contribution in [0.1, 0.15) is 45.6 Å². The average Bonchev–Trinajstić information content (AvgIpc) is 3.43. The molecule has 0 N–H and O–H groups in total. The normalized spacial score (nSPS) is 18.6. The van der Waals surface area contributed by atoms with E-state index in [-0.39, 0.29) is 58.5 Å². The van der Waals surface area contributed by atoms with Gasteiger partial charge in [0.15, 0.2) is 35.2 Å². The molecule has 0 saturated heterocycles. The number of rotatable bonds is 18. The van der Waals surface area contributed by atoms with Crippen LogP contribution in [0, 0.1) is 0 Å². The Morgan fingerprint density at radius 2 is 0.922 bits per heavy atom. The van der Waals surface area contributed by atoms with Crippen molar-refractivity contribution in [3.8, 4) is 57.5 Å². The van der Waals surface area contributed by atoms with Crippen molar-refractivity contribution >= 4 is 11.9 Å². The summed E-state index contributed by atoms with van der Waals surface area (Å²) in [6.07, 6.45) is -15.4. The highest BCUT2D eigenvalue weighted by Gasteiger charge is 2.66. The lowest BCUT2D eigenvalue weighted by Crippen LogP contribution is -2.53. The van der Waals surface area contributed by atoms with Gasteiger partial charge < -0.3 is 61.6 Å². The molecule has 2 aliphatic heterocycles. The summed E-state index contributed by atoms with van der Waals surface area (Å²) in [4.78, 5) is 28.6. The second kappa shape index (κ2) is 22.4. The number of methoxy groups -OCH3 is 8. The molecule has 408 valence electrons. The van der Waals surface area contributed by atoms with Gasteiger partial charge in [0.25, 0.3) is 11.2 Å². The molecule has 21 heteroatoms. The zero-order valence-corrected chi connectivity index (χ0v) is 42.7. The van der Waals surface area contributed by atoms with Gasteiger partial charge in [-0.15, -0.1) is 0 Å². The molecule has 77 heavy (non-hydrogen) atoms. The molecular weight excluding hydrogens is 1030 g/mol. The number of ether oxygens (including phenoxy) is 13. The largest absolute Gasteiger partial charge is 0.496 e. The molecule has 2 heterocycles. The molecule has 0 saturated carbocycles. The van der Waals surface area contributed by atoms with Crippen LogP contribution in [-0.4, -0.2) is 93.4 Å². The predicted molar refractivity (Wildman–Crippen MR) is 261 cm³/mol. The predicted octanol–water partition coefficient (Wildman–Crippen LogP) is 10.9. The molecule has 6 aromatic carbocycles. The number of fused-ring (bicyclic) bond motifs is 2.